The summed E-state index contributed by atoms with van der Waals surface area (Å²) >= 11 is 0. The van der Waals surface area contributed by atoms with Crippen LogP contribution >= 0.6 is 0 Å². The zero-order valence-electron chi connectivity index (χ0n) is 28.2. The summed E-state index contributed by atoms with van der Waals surface area (Å²) < 4.78 is 15.6. The van der Waals surface area contributed by atoms with Gasteiger partial charge in [-0.05, 0) is 35.4 Å². The smallest absolute Gasteiger partial charge is 0.331 e. The number of ether oxygens (including phenoxy) is 3. The van der Waals surface area contributed by atoms with Gasteiger partial charge < -0.3 is 96.3 Å². The molecule has 0 bridgehead atoms. The molecule has 23 heteroatoms. The van der Waals surface area contributed by atoms with E-state index in [0.29, 0.717) is 0 Å². The Morgan fingerprint density at radius 1 is 0.618 bits per heavy atom. The number of phenols is 4. The molecule has 2 fully saturated rings. The van der Waals surface area contributed by atoms with Crippen LogP contribution in [0.15, 0.2) is 24.3 Å². The number of nitrogens with one attached hydrogen (secondary N) is 2. The van der Waals surface area contributed by atoms with Crippen molar-refractivity contribution in [2.24, 2.45) is 0 Å². The molecule has 23 nitrogen and oxygen atoms in total. The van der Waals surface area contributed by atoms with Gasteiger partial charge in [-0.1, -0.05) is 0 Å². The molecular formula is C32H40N2O21. The van der Waals surface area contributed by atoms with E-state index in [4.69, 9.17) is 14.2 Å². The first-order valence-electron chi connectivity index (χ1n) is 16.2. The van der Waals surface area contributed by atoms with E-state index in [1.807, 2.05) is 10.6 Å². The van der Waals surface area contributed by atoms with Crippen molar-refractivity contribution in [1.82, 2.24) is 10.6 Å². The van der Waals surface area contributed by atoms with E-state index >= 15 is 0 Å². The maximum absolute atomic E-state index is 13.1. The standard InChI is InChI=1S/C32H40N2O21/c35-5-13(33-29(48)11-1-9(3-15(38)19(11)40)27-25(46)23(44)21(42)17(6-36)54-27)32(52)53-8-14(31(50)51)34-30(49)12-2-10(4-16(39)20(12)41)28-26(47)24(45)22(43)18(7-37)55-28/h1-4,13-14,17-18,21-28,35-47H,5-8H2,(H,33,48)(H,34,49)(H,50,51)/t13-,14+,17+,18+,21+,22+,23-,24-,25+,26+,27-,28-/m0/s1. The number of hydrogen-bond acceptors (Lipinski definition) is 20. The molecule has 4 rings (SSSR count). The molecule has 0 saturated carbocycles. The van der Waals surface area contributed by atoms with Crippen LogP contribution in [0.4, 0.5) is 0 Å². The first-order chi connectivity index (χ1) is 25.9. The van der Waals surface area contributed by atoms with Crippen LogP contribution in [-0.4, -0.2) is 183 Å². The lowest BCUT2D eigenvalue weighted by Crippen LogP contribution is -2.55. The van der Waals surface area contributed by atoms with Crippen molar-refractivity contribution in [3.05, 3.63) is 46.5 Å². The van der Waals surface area contributed by atoms with Crippen molar-refractivity contribution in [3.63, 3.8) is 0 Å². The highest BCUT2D eigenvalue weighted by molar-refractivity contribution is 6.01. The average Bonchev–Trinajstić information content (AvgIpc) is 3.15. The molecule has 16 N–H and O–H groups in total. The van der Waals surface area contributed by atoms with Gasteiger partial charge in [-0.15, -0.1) is 0 Å². The first kappa shape index (κ1) is 42.8. The Morgan fingerprint density at radius 2 is 1.02 bits per heavy atom. The van der Waals surface area contributed by atoms with Gasteiger partial charge in [-0.3, -0.25) is 9.59 Å². The van der Waals surface area contributed by atoms with E-state index in [0.717, 1.165) is 24.3 Å². The number of amides is 2. The van der Waals surface area contributed by atoms with E-state index in [1.54, 1.807) is 0 Å². The number of rotatable bonds is 13. The van der Waals surface area contributed by atoms with Gasteiger partial charge in [0.1, 0.15) is 67.6 Å². The van der Waals surface area contributed by atoms with Crippen LogP contribution in [-0.2, 0) is 23.8 Å². The van der Waals surface area contributed by atoms with E-state index in [1.165, 1.54) is 0 Å². The highest BCUT2D eigenvalue weighted by Gasteiger charge is 2.46. The maximum atomic E-state index is 13.1. The Hall–Kier alpha value is -4.92. The van der Waals surface area contributed by atoms with Crippen LogP contribution in [0.2, 0.25) is 0 Å². The number of aliphatic carboxylic acids is 1. The third kappa shape index (κ3) is 8.98. The number of aliphatic hydroxyl groups is 9. The Bertz CT molecular complexity index is 1740. The van der Waals surface area contributed by atoms with E-state index in [2.05, 4.69) is 0 Å². The lowest BCUT2D eigenvalue weighted by Gasteiger charge is -2.40. The summed E-state index contributed by atoms with van der Waals surface area (Å²) in [7, 11) is 0. The normalized spacial score (nSPS) is 29.1. The van der Waals surface area contributed by atoms with Crippen LogP contribution in [0.1, 0.15) is 44.1 Å². The molecular weight excluding hydrogens is 748 g/mol. The number of carbonyl (C=O) groups is 4. The van der Waals surface area contributed by atoms with E-state index in [9.17, 15) is 90.7 Å². The molecule has 2 aromatic carbocycles. The van der Waals surface area contributed by atoms with Crippen LogP contribution < -0.4 is 10.6 Å². The number of esters is 1. The van der Waals surface area contributed by atoms with Gasteiger partial charge in [0, 0.05) is 0 Å². The number of phenolic OH excluding ortho intramolecular Hbond substituents is 4. The molecule has 0 radical (unpaired) electrons. The molecule has 2 amide bonds. The molecule has 0 spiro atoms. The minimum absolute atomic E-state index is 0.251. The van der Waals surface area contributed by atoms with Crippen LogP contribution in [0.3, 0.4) is 0 Å². The van der Waals surface area contributed by atoms with Crippen LogP contribution in [0.5, 0.6) is 23.0 Å². The molecule has 2 aliphatic rings. The van der Waals surface area contributed by atoms with Gasteiger partial charge in [0.2, 0.25) is 0 Å². The molecule has 0 aliphatic carbocycles. The monoisotopic (exact) mass is 788 g/mol. The molecule has 2 saturated heterocycles. The average molecular weight is 789 g/mol. The second-order valence-electron chi connectivity index (χ2n) is 12.6. The van der Waals surface area contributed by atoms with E-state index in [-0.39, 0.29) is 11.1 Å². The molecule has 2 heterocycles. The largest absolute Gasteiger partial charge is 0.504 e. The summed E-state index contributed by atoms with van der Waals surface area (Å²) in [6, 6.07) is -0.729. The van der Waals surface area contributed by atoms with Crippen molar-refractivity contribution >= 4 is 23.8 Å². The second-order valence-corrected chi connectivity index (χ2v) is 12.6. The predicted molar refractivity (Wildman–Crippen MR) is 173 cm³/mol. The Morgan fingerprint density at radius 3 is 1.38 bits per heavy atom. The molecule has 0 aromatic heterocycles. The van der Waals surface area contributed by atoms with Gasteiger partial charge >= 0.3 is 11.9 Å². The van der Waals surface area contributed by atoms with Gasteiger partial charge in [0.25, 0.3) is 11.8 Å². The number of benzene rings is 2. The van der Waals surface area contributed by atoms with Gasteiger partial charge in [0.05, 0.1) is 30.9 Å². The summed E-state index contributed by atoms with van der Waals surface area (Å²) in [6.07, 6.45) is -16.9. The van der Waals surface area contributed by atoms with E-state index < -0.39 is 157 Å². The van der Waals surface area contributed by atoms with Crippen molar-refractivity contribution < 1.29 is 105 Å². The molecule has 304 valence electrons. The Balaban J connectivity index is 1.46. The summed E-state index contributed by atoms with van der Waals surface area (Å²) in [5.41, 5.74) is -2.10. The fourth-order valence-electron chi connectivity index (χ4n) is 5.80. The van der Waals surface area contributed by atoms with Crippen molar-refractivity contribution in [2.75, 3.05) is 26.4 Å². The zero-order valence-corrected chi connectivity index (χ0v) is 28.2. The summed E-state index contributed by atoms with van der Waals surface area (Å²) in [6.45, 7) is -3.99. The minimum atomic E-state index is -2.10. The van der Waals surface area contributed by atoms with Crippen molar-refractivity contribution in [3.8, 4) is 23.0 Å². The van der Waals surface area contributed by atoms with Crippen molar-refractivity contribution in [1.29, 1.82) is 0 Å². The number of hydrogen-bond donors (Lipinski definition) is 16. The van der Waals surface area contributed by atoms with Crippen LogP contribution in [0, 0.1) is 0 Å². The third-order valence-electron chi connectivity index (χ3n) is 8.92. The Labute approximate surface area is 308 Å². The molecule has 2 aliphatic heterocycles. The SMILES string of the molecule is O=C(N[C@@H](CO)C(=O)OC[C@@H](NC(=O)c1cc([C@@H]2O[C@H](CO)[C@@H](O)[C@H](O)[C@H]2O)cc(O)c1O)C(=O)O)c1cc([C@@H]2O[C@H](CO)[C@@H](O)[C@H](O)[C@H]2O)cc(O)c1O. The predicted octanol–water partition coefficient (Wildman–Crippen LogP) is -5.94. The van der Waals surface area contributed by atoms with Gasteiger partial charge in [-0.25, -0.2) is 9.59 Å². The maximum Gasteiger partial charge on any atom is 0.331 e. The minimum Gasteiger partial charge on any atom is -0.504 e. The zero-order chi connectivity index (χ0) is 41.0. The quantitative estimate of drug-likeness (QED) is 0.0663. The third-order valence-corrected chi connectivity index (χ3v) is 8.92. The highest BCUT2D eigenvalue weighted by Crippen LogP contribution is 2.40. The lowest BCUT2D eigenvalue weighted by molar-refractivity contribution is -0.231. The number of carboxylic acids is 1. The van der Waals surface area contributed by atoms with Crippen LogP contribution in [0.25, 0.3) is 0 Å². The number of aliphatic hydroxyl groups excluding tert-OH is 9. The van der Waals surface area contributed by atoms with Gasteiger partial charge in [-0.2, -0.15) is 0 Å². The number of carbonyl (C=O) groups excluding carboxylic acids is 3. The number of carboxylic acid groups (broad SMARTS) is 1. The highest BCUT2D eigenvalue weighted by atomic mass is 16.6. The Kier molecular flexibility index (Phi) is 13.8. The second kappa shape index (κ2) is 17.7. The fraction of sp³-hybridized carbons (Fsp3) is 0.500. The lowest BCUT2D eigenvalue weighted by atomic mass is 9.90. The van der Waals surface area contributed by atoms with Gasteiger partial charge in [0.15, 0.2) is 35.1 Å². The topological polar surface area (TPSA) is 403 Å². The van der Waals surface area contributed by atoms with Crippen molar-refractivity contribution in [2.45, 2.75) is 73.1 Å². The molecule has 12 atom stereocenters. The summed E-state index contributed by atoms with van der Waals surface area (Å²) in [4.78, 5) is 51.0. The molecule has 0 unspecified atom stereocenters. The summed E-state index contributed by atoms with van der Waals surface area (Å²) in [5.74, 6) is -10.1. The molecule has 55 heavy (non-hydrogen) atoms. The number of aromatic hydroxyl groups is 4. The molecule has 2 aromatic rings. The first-order valence-corrected chi connectivity index (χ1v) is 16.2. The fourth-order valence-corrected chi connectivity index (χ4v) is 5.80. The summed E-state index contributed by atoms with van der Waals surface area (Å²) in [5, 5.41) is 145.